The summed E-state index contributed by atoms with van der Waals surface area (Å²) in [5.41, 5.74) is 1.13. The SMILES string of the molecule is CNCc1ccc(Oc2cccc3ccccc23)c(Cl)c1. The van der Waals surface area contributed by atoms with Crippen LogP contribution >= 0.6 is 11.6 Å². The predicted octanol–water partition coefficient (Wildman–Crippen LogP) is 5.00. The van der Waals surface area contributed by atoms with Crippen molar-refractivity contribution in [2.45, 2.75) is 6.54 Å². The second kappa shape index (κ2) is 6.17. The van der Waals surface area contributed by atoms with Crippen LogP contribution in [0.3, 0.4) is 0 Å². The molecule has 3 aromatic rings. The lowest BCUT2D eigenvalue weighted by molar-refractivity contribution is 0.488. The molecule has 0 aliphatic rings. The maximum atomic E-state index is 6.31. The van der Waals surface area contributed by atoms with E-state index in [0.717, 1.165) is 28.6 Å². The molecule has 0 saturated carbocycles. The third-order valence-corrected chi connectivity index (χ3v) is 3.64. The van der Waals surface area contributed by atoms with Crippen LogP contribution in [-0.2, 0) is 6.54 Å². The monoisotopic (exact) mass is 297 g/mol. The van der Waals surface area contributed by atoms with Gasteiger partial charge in [-0.05, 0) is 36.2 Å². The highest BCUT2D eigenvalue weighted by atomic mass is 35.5. The van der Waals surface area contributed by atoms with Crippen molar-refractivity contribution in [1.29, 1.82) is 0 Å². The quantitative estimate of drug-likeness (QED) is 0.731. The van der Waals surface area contributed by atoms with Crippen LogP contribution < -0.4 is 10.1 Å². The molecule has 0 atom stereocenters. The molecule has 0 amide bonds. The van der Waals surface area contributed by atoms with Crippen molar-refractivity contribution in [2.75, 3.05) is 7.05 Å². The van der Waals surface area contributed by atoms with Gasteiger partial charge in [-0.2, -0.15) is 0 Å². The molecule has 0 aromatic heterocycles. The Balaban J connectivity index is 1.95. The number of nitrogens with one attached hydrogen (secondary N) is 1. The van der Waals surface area contributed by atoms with Gasteiger partial charge in [-0.3, -0.25) is 0 Å². The molecule has 1 N–H and O–H groups in total. The maximum Gasteiger partial charge on any atom is 0.146 e. The van der Waals surface area contributed by atoms with Crippen molar-refractivity contribution < 1.29 is 4.74 Å². The normalized spacial score (nSPS) is 10.8. The summed E-state index contributed by atoms with van der Waals surface area (Å²) in [6, 6.07) is 20.0. The fourth-order valence-corrected chi connectivity index (χ4v) is 2.59. The van der Waals surface area contributed by atoms with Gasteiger partial charge in [-0.15, -0.1) is 0 Å². The lowest BCUT2D eigenvalue weighted by atomic mass is 10.1. The largest absolute Gasteiger partial charge is 0.455 e. The van der Waals surface area contributed by atoms with E-state index < -0.39 is 0 Å². The first-order valence-electron chi connectivity index (χ1n) is 6.86. The van der Waals surface area contributed by atoms with Crippen LogP contribution in [0.15, 0.2) is 60.7 Å². The van der Waals surface area contributed by atoms with Gasteiger partial charge >= 0.3 is 0 Å². The van der Waals surface area contributed by atoms with E-state index in [9.17, 15) is 0 Å². The molecule has 0 unspecified atom stereocenters. The van der Waals surface area contributed by atoms with Crippen LogP contribution in [0.1, 0.15) is 5.56 Å². The molecule has 3 aromatic carbocycles. The van der Waals surface area contributed by atoms with Crippen molar-refractivity contribution in [3.63, 3.8) is 0 Å². The van der Waals surface area contributed by atoms with Crippen molar-refractivity contribution in [1.82, 2.24) is 5.32 Å². The standard InChI is InChI=1S/C18H16ClNO/c1-20-12-13-9-10-18(16(19)11-13)21-17-8-4-6-14-5-2-3-7-15(14)17/h2-11,20H,12H2,1H3. The Morgan fingerprint density at radius 3 is 2.57 bits per heavy atom. The van der Waals surface area contributed by atoms with Crippen LogP contribution in [0, 0.1) is 0 Å². The Kier molecular flexibility index (Phi) is 4.09. The molecule has 0 aliphatic carbocycles. The number of ether oxygens (including phenoxy) is 1. The van der Waals surface area contributed by atoms with Gasteiger partial charge in [-0.25, -0.2) is 0 Å². The fourth-order valence-electron chi connectivity index (χ4n) is 2.34. The van der Waals surface area contributed by atoms with Gasteiger partial charge in [0, 0.05) is 11.9 Å². The maximum absolute atomic E-state index is 6.31. The van der Waals surface area contributed by atoms with Gasteiger partial charge in [0.1, 0.15) is 11.5 Å². The third-order valence-electron chi connectivity index (χ3n) is 3.35. The minimum Gasteiger partial charge on any atom is -0.455 e. The fraction of sp³-hybridized carbons (Fsp3) is 0.111. The number of hydrogen-bond donors (Lipinski definition) is 1. The third kappa shape index (κ3) is 3.02. The van der Waals surface area contributed by atoms with Crippen LogP contribution in [0.2, 0.25) is 5.02 Å². The van der Waals surface area contributed by atoms with E-state index in [1.807, 2.05) is 55.6 Å². The summed E-state index contributed by atoms with van der Waals surface area (Å²) in [7, 11) is 1.91. The molecule has 3 rings (SSSR count). The van der Waals surface area contributed by atoms with E-state index >= 15 is 0 Å². The number of benzene rings is 3. The van der Waals surface area contributed by atoms with E-state index in [4.69, 9.17) is 16.3 Å². The summed E-state index contributed by atoms with van der Waals surface area (Å²) < 4.78 is 6.00. The van der Waals surface area contributed by atoms with Gasteiger partial charge < -0.3 is 10.1 Å². The summed E-state index contributed by atoms with van der Waals surface area (Å²) in [4.78, 5) is 0. The number of fused-ring (bicyclic) bond motifs is 1. The highest BCUT2D eigenvalue weighted by Crippen LogP contribution is 2.34. The lowest BCUT2D eigenvalue weighted by Gasteiger charge is -2.11. The van der Waals surface area contributed by atoms with Crippen LogP contribution in [0.4, 0.5) is 0 Å². The number of halogens is 1. The van der Waals surface area contributed by atoms with Crippen LogP contribution in [-0.4, -0.2) is 7.05 Å². The Hall–Kier alpha value is -2.03. The first kappa shape index (κ1) is 13.9. The highest BCUT2D eigenvalue weighted by molar-refractivity contribution is 6.32. The van der Waals surface area contributed by atoms with E-state index in [1.165, 1.54) is 0 Å². The smallest absolute Gasteiger partial charge is 0.146 e. The van der Waals surface area contributed by atoms with Gasteiger partial charge in [0.05, 0.1) is 5.02 Å². The van der Waals surface area contributed by atoms with E-state index in [1.54, 1.807) is 0 Å². The highest BCUT2D eigenvalue weighted by Gasteiger charge is 2.07. The molecule has 0 spiro atoms. The Labute approximate surface area is 129 Å². The van der Waals surface area contributed by atoms with Crippen LogP contribution in [0.25, 0.3) is 10.8 Å². The molecule has 0 bridgehead atoms. The van der Waals surface area contributed by atoms with E-state index in [-0.39, 0.29) is 0 Å². The molecule has 0 fully saturated rings. The number of rotatable bonds is 4. The molecule has 3 heteroatoms. The second-order valence-electron chi connectivity index (χ2n) is 4.87. The van der Waals surface area contributed by atoms with Crippen molar-refractivity contribution in [3.8, 4) is 11.5 Å². The zero-order valence-corrected chi connectivity index (χ0v) is 12.5. The van der Waals surface area contributed by atoms with Crippen molar-refractivity contribution in [2.24, 2.45) is 0 Å². The summed E-state index contributed by atoms with van der Waals surface area (Å²) in [6.45, 7) is 0.786. The van der Waals surface area contributed by atoms with Gasteiger partial charge in [0.25, 0.3) is 0 Å². The predicted molar refractivity (Wildman–Crippen MR) is 88.2 cm³/mol. The second-order valence-corrected chi connectivity index (χ2v) is 5.28. The molecule has 0 radical (unpaired) electrons. The van der Waals surface area contributed by atoms with E-state index in [2.05, 4.69) is 17.4 Å². The summed E-state index contributed by atoms with van der Waals surface area (Å²) in [5.74, 6) is 1.49. The number of hydrogen-bond acceptors (Lipinski definition) is 2. The molecular weight excluding hydrogens is 282 g/mol. The summed E-state index contributed by atoms with van der Waals surface area (Å²) in [6.07, 6.45) is 0. The zero-order chi connectivity index (χ0) is 14.7. The van der Waals surface area contributed by atoms with Crippen molar-refractivity contribution >= 4 is 22.4 Å². The summed E-state index contributed by atoms with van der Waals surface area (Å²) >= 11 is 6.31. The molecule has 0 saturated heterocycles. The summed E-state index contributed by atoms with van der Waals surface area (Å²) in [5, 5.41) is 5.96. The molecule has 21 heavy (non-hydrogen) atoms. The van der Waals surface area contributed by atoms with Gasteiger partial charge in [-0.1, -0.05) is 54.1 Å². The molecule has 0 aliphatic heterocycles. The van der Waals surface area contributed by atoms with Gasteiger partial charge in [0.15, 0.2) is 0 Å². The Morgan fingerprint density at radius 1 is 0.952 bits per heavy atom. The average molecular weight is 298 g/mol. The molecule has 106 valence electrons. The minimum atomic E-state index is 0.621. The Bertz CT molecular complexity index is 765. The first-order valence-corrected chi connectivity index (χ1v) is 7.24. The van der Waals surface area contributed by atoms with Crippen molar-refractivity contribution in [3.05, 3.63) is 71.2 Å². The van der Waals surface area contributed by atoms with E-state index in [0.29, 0.717) is 10.8 Å². The van der Waals surface area contributed by atoms with Crippen LogP contribution in [0.5, 0.6) is 11.5 Å². The Morgan fingerprint density at radius 2 is 1.76 bits per heavy atom. The molecule has 0 heterocycles. The first-order chi connectivity index (χ1) is 10.3. The minimum absolute atomic E-state index is 0.621. The zero-order valence-electron chi connectivity index (χ0n) is 11.8. The molecular formula is C18H16ClNO. The average Bonchev–Trinajstić information content (AvgIpc) is 2.51. The molecule has 2 nitrogen and oxygen atoms in total. The van der Waals surface area contributed by atoms with Gasteiger partial charge in [0.2, 0.25) is 0 Å². The topological polar surface area (TPSA) is 21.3 Å². The lowest BCUT2D eigenvalue weighted by Crippen LogP contribution is -2.04.